The van der Waals surface area contributed by atoms with Gasteiger partial charge in [-0.3, -0.25) is 0 Å². The van der Waals surface area contributed by atoms with E-state index in [1.165, 1.54) is 0 Å². The molecule has 11 heavy (non-hydrogen) atoms. The molecule has 0 saturated carbocycles. The summed E-state index contributed by atoms with van der Waals surface area (Å²) in [5.41, 5.74) is 0. The van der Waals surface area contributed by atoms with E-state index >= 15 is 0 Å². The van der Waals surface area contributed by atoms with Crippen LogP contribution in [-0.4, -0.2) is 19.0 Å². The van der Waals surface area contributed by atoms with Crippen molar-refractivity contribution in [2.45, 2.75) is 52.9 Å². The average Bonchev–Trinajstić information content (AvgIpc) is 1.87. The molecular weight excluding hydrogens is 140 g/mol. The minimum atomic E-state index is 0.00463. The van der Waals surface area contributed by atoms with Crippen molar-refractivity contribution in [1.82, 2.24) is 0 Å². The Hall–Kier alpha value is -0.0800. The molecule has 0 aliphatic rings. The molecule has 0 heterocycles. The van der Waals surface area contributed by atoms with E-state index in [0.29, 0.717) is 0 Å². The van der Waals surface area contributed by atoms with Gasteiger partial charge in [-0.2, -0.15) is 0 Å². The van der Waals surface area contributed by atoms with Crippen LogP contribution in [0.3, 0.4) is 0 Å². The fourth-order valence-electron chi connectivity index (χ4n) is 0.916. The molecule has 0 aromatic carbocycles. The Morgan fingerprint density at radius 1 is 1.18 bits per heavy atom. The van der Waals surface area contributed by atoms with Crippen LogP contribution < -0.4 is 0 Å². The maximum Gasteiger partial charge on any atom is 0.157 e. The molecule has 0 amide bonds. The van der Waals surface area contributed by atoms with E-state index in [4.69, 9.17) is 9.47 Å². The average molecular weight is 160 g/mol. The fraction of sp³-hybridized carbons (Fsp3) is 1.00. The standard InChI is InChI=1S/C9H20O2/c1-5-7-9(10-6-2)11-8(3)4/h8-9H,5-7H2,1-4H3. The molecule has 2 nitrogen and oxygen atoms in total. The van der Waals surface area contributed by atoms with Crippen molar-refractivity contribution in [3.8, 4) is 0 Å². The topological polar surface area (TPSA) is 18.5 Å². The molecule has 0 bridgehead atoms. The van der Waals surface area contributed by atoms with Crippen molar-refractivity contribution in [2.75, 3.05) is 6.61 Å². The van der Waals surface area contributed by atoms with Crippen LogP contribution in [0.25, 0.3) is 0 Å². The Balaban J connectivity index is 3.50. The first-order chi connectivity index (χ1) is 5.20. The molecule has 0 N–H and O–H groups in total. The highest BCUT2D eigenvalue weighted by Crippen LogP contribution is 2.06. The minimum Gasteiger partial charge on any atom is -0.353 e. The third-order valence-electron chi connectivity index (χ3n) is 1.30. The highest BCUT2D eigenvalue weighted by molar-refractivity contribution is 4.46. The number of hydrogen-bond donors (Lipinski definition) is 0. The molecule has 0 saturated heterocycles. The van der Waals surface area contributed by atoms with Gasteiger partial charge in [0, 0.05) is 6.61 Å². The third kappa shape index (κ3) is 6.32. The van der Waals surface area contributed by atoms with Crippen molar-refractivity contribution in [3.63, 3.8) is 0 Å². The zero-order valence-corrected chi connectivity index (χ0v) is 8.09. The summed E-state index contributed by atoms with van der Waals surface area (Å²) in [6.45, 7) is 8.92. The van der Waals surface area contributed by atoms with Crippen LogP contribution in [-0.2, 0) is 9.47 Å². The van der Waals surface area contributed by atoms with Crippen molar-refractivity contribution in [2.24, 2.45) is 0 Å². The Morgan fingerprint density at radius 2 is 1.82 bits per heavy atom. The number of ether oxygens (including phenoxy) is 2. The van der Waals surface area contributed by atoms with Crippen LogP contribution in [0.5, 0.6) is 0 Å². The molecular formula is C9H20O2. The van der Waals surface area contributed by atoms with Gasteiger partial charge >= 0.3 is 0 Å². The summed E-state index contributed by atoms with van der Waals surface area (Å²) in [6.07, 6.45) is 2.37. The number of rotatable bonds is 6. The SMILES string of the molecule is CCCC(OCC)OC(C)C. The molecule has 1 unspecified atom stereocenters. The summed E-state index contributed by atoms with van der Waals surface area (Å²) < 4.78 is 10.9. The van der Waals surface area contributed by atoms with Crippen LogP contribution >= 0.6 is 0 Å². The van der Waals surface area contributed by atoms with Gasteiger partial charge in [-0.15, -0.1) is 0 Å². The lowest BCUT2D eigenvalue weighted by atomic mass is 10.3. The number of hydrogen-bond acceptors (Lipinski definition) is 2. The first-order valence-corrected chi connectivity index (χ1v) is 4.47. The van der Waals surface area contributed by atoms with Crippen LogP contribution in [0, 0.1) is 0 Å². The van der Waals surface area contributed by atoms with Crippen molar-refractivity contribution in [1.29, 1.82) is 0 Å². The van der Waals surface area contributed by atoms with Gasteiger partial charge in [0.05, 0.1) is 6.10 Å². The maximum absolute atomic E-state index is 5.51. The molecule has 0 spiro atoms. The molecule has 0 radical (unpaired) electrons. The Morgan fingerprint density at radius 3 is 2.18 bits per heavy atom. The van der Waals surface area contributed by atoms with Gasteiger partial charge in [0.1, 0.15) is 0 Å². The molecule has 1 atom stereocenters. The van der Waals surface area contributed by atoms with E-state index in [1.54, 1.807) is 0 Å². The van der Waals surface area contributed by atoms with Gasteiger partial charge < -0.3 is 9.47 Å². The lowest BCUT2D eigenvalue weighted by Gasteiger charge is -2.19. The van der Waals surface area contributed by atoms with Gasteiger partial charge in [0.15, 0.2) is 6.29 Å². The van der Waals surface area contributed by atoms with Crippen molar-refractivity contribution < 1.29 is 9.47 Å². The van der Waals surface area contributed by atoms with E-state index in [9.17, 15) is 0 Å². The third-order valence-corrected chi connectivity index (χ3v) is 1.30. The van der Waals surface area contributed by atoms with Gasteiger partial charge in [0.25, 0.3) is 0 Å². The fourth-order valence-corrected chi connectivity index (χ4v) is 0.916. The predicted molar refractivity (Wildman–Crippen MR) is 46.5 cm³/mol. The molecule has 68 valence electrons. The summed E-state index contributed by atoms with van der Waals surface area (Å²) in [5.74, 6) is 0. The van der Waals surface area contributed by atoms with E-state index in [-0.39, 0.29) is 12.4 Å². The van der Waals surface area contributed by atoms with E-state index in [2.05, 4.69) is 6.92 Å². The highest BCUT2D eigenvalue weighted by Gasteiger charge is 2.08. The molecule has 2 heteroatoms. The van der Waals surface area contributed by atoms with Crippen molar-refractivity contribution >= 4 is 0 Å². The van der Waals surface area contributed by atoms with Crippen LogP contribution in [0.15, 0.2) is 0 Å². The van der Waals surface area contributed by atoms with Crippen LogP contribution in [0.2, 0.25) is 0 Å². The lowest BCUT2D eigenvalue weighted by molar-refractivity contribution is -0.163. The Labute approximate surface area is 69.9 Å². The summed E-state index contributed by atoms with van der Waals surface area (Å²) in [5, 5.41) is 0. The molecule has 0 aliphatic heterocycles. The molecule has 0 aliphatic carbocycles. The second-order valence-corrected chi connectivity index (χ2v) is 2.86. The molecule has 0 rings (SSSR count). The molecule has 0 aromatic rings. The van der Waals surface area contributed by atoms with Crippen LogP contribution in [0.1, 0.15) is 40.5 Å². The summed E-state index contributed by atoms with van der Waals surface area (Å²) in [6, 6.07) is 0. The largest absolute Gasteiger partial charge is 0.353 e. The molecule has 0 aromatic heterocycles. The Bertz CT molecular complexity index is 75.6. The highest BCUT2D eigenvalue weighted by atomic mass is 16.7. The predicted octanol–water partition coefficient (Wildman–Crippen LogP) is 2.57. The van der Waals surface area contributed by atoms with Crippen LogP contribution in [0.4, 0.5) is 0 Å². The zero-order chi connectivity index (χ0) is 8.69. The van der Waals surface area contributed by atoms with Gasteiger partial charge in [-0.1, -0.05) is 13.3 Å². The summed E-state index contributed by atoms with van der Waals surface area (Å²) >= 11 is 0. The molecule has 0 fully saturated rings. The smallest absolute Gasteiger partial charge is 0.157 e. The van der Waals surface area contributed by atoms with E-state index < -0.39 is 0 Å². The van der Waals surface area contributed by atoms with E-state index in [0.717, 1.165) is 19.4 Å². The second-order valence-electron chi connectivity index (χ2n) is 2.86. The summed E-state index contributed by atoms with van der Waals surface area (Å²) in [7, 11) is 0. The monoisotopic (exact) mass is 160 g/mol. The van der Waals surface area contributed by atoms with E-state index in [1.807, 2.05) is 20.8 Å². The quantitative estimate of drug-likeness (QED) is 0.556. The first kappa shape index (κ1) is 10.9. The Kier molecular flexibility index (Phi) is 6.57. The normalized spacial score (nSPS) is 13.9. The maximum atomic E-state index is 5.51. The van der Waals surface area contributed by atoms with Crippen molar-refractivity contribution in [3.05, 3.63) is 0 Å². The summed E-state index contributed by atoms with van der Waals surface area (Å²) in [4.78, 5) is 0. The second kappa shape index (κ2) is 6.62. The first-order valence-electron chi connectivity index (χ1n) is 4.47. The van der Waals surface area contributed by atoms with Gasteiger partial charge in [-0.05, 0) is 27.2 Å². The lowest BCUT2D eigenvalue weighted by Crippen LogP contribution is -2.20. The van der Waals surface area contributed by atoms with Gasteiger partial charge in [-0.25, -0.2) is 0 Å². The zero-order valence-electron chi connectivity index (χ0n) is 8.09. The minimum absolute atomic E-state index is 0.00463. The van der Waals surface area contributed by atoms with Gasteiger partial charge in [0.2, 0.25) is 0 Å².